The van der Waals surface area contributed by atoms with E-state index in [1.54, 1.807) is 27.9 Å². The van der Waals surface area contributed by atoms with Gasteiger partial charge in [-0.2, -0.15) is 5.10 Å². The van der Waals surface area contributed by atoms with Gasteiger partial charge < -0.3 is 4.90 Å². The highest BCUT2D eigenvalue weighted by Gasteiger charge is 2.37. The van der Waals surface area contributed by atoms with Crippen LogP contribution in [0.1, 0.15) is 41.9 Å². The van der Waals surface area contributed by atoms with Gasteiger partial charge in [0, 0.05) is 32.0 Å². The zero-order valence-electron chi connectivity index (χ0n) is 15.9. The third-order valence-corrected chi connectivity index (χ3v) is 4.74. The number of fused-ring (bicyclic) bond motifs is 1. The number of hydrogen-bond acceptors (Lipinski definition) is 5. The van der Waals surface area contributed by atoms with E-state index in [9.17, 15) is 9.59 Å². The zero-order chi connectivity index (χ0) is 19.7. The van der Waals surface area contributed by atoms with Crippen molar-refractivity contribution < 1.29 is 4.79 Å². The first-order chi connectivity index (χ1) is 13.6. The highest BCUT2D eigenvalue weighted by Crippen LogP contribution is 2.30. The fourth-order valence-electron chi connectivity index (χ4n) is 3.53. The van der Waals surface area contributed by atoms with E-state index in [2.05, 4.69) is 15.1 Å². The molecule has 0 radical (unpaired) electrons. The Hall–Kier alpha value is -3.29. The first-order valence-electron chi connectivity index (χ1n) is 9.36. The lowest BCUT2D eigenvalue weighted by molar-refractivity contribution is 0.0644. The van der Waals surface area contributed by atoms with Crippen molar-refractivity contribution in [3.05, 3.63) is 76.5 Å². The van der Waals surface area contributed by atoms with Crippen LogP contribution in [0, 0.1) is 5.92 Å². The fraction of sp³-hybridized carbons (Fsp3) is 0.350. The summed E-state index contributed by atoms with van der Waals surface area (Å²) in [6, 6.07) is 10.8. The second-order valence-electron chi connectivity index (χ2n) is 7.25. The van der Waals surface area contributed by atoms with Crippen LogP contribution in [0.5, 0.6) is 0 Å². The molecule has 0 saturated carbocycles. The molecule has 1 amide bonds. The minimum absolute atomic E-state index is 0.132. The Morgan fingerprint density at radius 1 is 1.11 bits per heavy atom. The van der Waals surface area contributed by atoms with Crippen molar-refractivity contribution in [2.24, 2.45) is 5.92 Å². The summed E-state index contributed by atoms with van der Waals surface area (Å²) in [6.45, 7) is 5.41. The summed E-state index contributed by atoms with van der Waals surface area (Å²) >= 11 is 0. The summed E-state index contributed by atoms with van der Waals surface area (Å²) in [5.74, 6) is 0.736. The molecule has 3 aromatic rings. The number of aromatic nitrogens is 5. The number of benzene rings is 1. The van der Waals surface area contributed by atoms with Crippen molar-refractivity contribution in [1.82, 2.24) is 29.2 Å². The number of hydrogen-bond donors (Lipinski definition) is 0. The summed E-state index contributed by atoms with van der Waals surface area (Å²) < 4.78 is 3.18. The Labute approximate surface area is 162 Å². The van der Waals surface area contributed by atoms with E-state index in [1.165, 1.54) is 4.68 Å². The fourth-order valence-corrected chi connectivity index (χ4v) is 3.53. The minimum Gasteiger partial charge on any atom is -0.320 e. The first-order valence-corrected chi connectivity index (χ1v) is 9.36. The van der Waals surface area contributed by atoms with Crippen LogP contribution in [-0.2, 0) is 13.1 Å². The third kappa shape index (κ3) is 3.21. The molecule has 0 spiro atoms. The van der Waals surface area contributed by atoms with Crippen LogP contribution >= 0.6 is 0 Å². The van der Waals surface area contributed by atoms with Gasteiger partial charge in [0.2, 0.25) is 5.82 Å². The van der Waals surface area contributed by atoms with Gasteiger partial charge in [-0.3, -0.25) is 9.36 Å². The molecule has 0 N–H and O–H groups in total. The van der Waals surface area contributed by atoms with Crippen molar-refractivity contribution in [2.45, 2.75) is 33.0 Å². The molecule has 0 bridgehead atoms. The van der Waals surface area contributed by atoms with E-state index in [0.29, 0.717) is 31.4 Å². The predicted octanol–water partition coefficient (Wildman–Crippen LogP) is 1.74. The number of rotatable bonds is 4. The molecule has 8 nitrogen and oxygen atoms in total. The largest absolute Gasteiger partial charge is 0.346 e. The first kappa shape index (κ1) is 18.1. The Balaban J connectivity index is 1.82. The molecule has 1 aromatic carbocycles. The maximum atomic E-state index is 13.1. The molecule has 1 aliphatic rings. The quantitative estimate of drug-likeness (QED) is 0.690. The van der Waals surface area contributed by atoms with E-state index in [0.717, 1.165) is 5.56 Å². The monoisotopic (exact) mass is 378 g/mol. The highest BCUT2D eigenvalue weighted by atomic mass is 16.2. The topological polar surface area (TPSA) is 85.9 Å². The molecular formula is C20H22N6O2. The van der Waals surface area contributed by atoms with Gasteiger partial charge in [-0.05, 0) is 17.5 Å². The molecule has 8 heteroatoms. The number of amides is 1. The van der Waals surface area contributed by atoms with E-state index in [4.69, 9.17) is 0 Å². The molecule has 1 atom stereocenters. The maximum absolute atomic E-state index is 13.1. The number of nitrogens with zero attached hydrogens (tertiary/aromatic N) is 6. The molecule has 0 saturated heterocycles. The van der Waals surface area contributed by atoms with Crippen LogP contribution in [0.15, 0.2) is 53.6 Å². The third-order valence-electron chi connectivity index (χ3n) is 4.74. The SMILES string of the molecule is CC(C)Cn1nc2n(c1=O)CCN(C(=O)c1ncccn1)C2c1ccccc1. The Kier molecular flexibility index (Phi) is 4.77. The van der Waals surface area contributed by atoms with Gasteiger partial charge in [0.1, 0.15) is 6.04 Å². The van der Waals surface area contributed by atoms with E-state index < -0.39 is 6.04 Å². The molecule has 28 heavy (non-hydrogen) atoms. The normalized spacial score (nSPS) is 16.2. The predicted molar refractivity (Wildman–Crippen MR) is 103 cm³/mol. The van der Waals surface area contributed by atoms with Gasteiger partial charge in [0.25, 0.3) is 5.91 Å². The lowest BCUT2D eigenvalue weighted by atomic mass is 10.0. The summed E-state index contributed by atoms with van der Waals surface area (Å²) in [4.78, 5) is 35.9. The summed E-state index contributed by atoms with van der Waals surface area (Å²) in [6.07, 6.45) is 3.10. The maximum Gasteiger partial charge on any atom is 0.346 e. The summed E-state index contributed by atoms with van der Waals surface area (Å²) in [5.41, 5.74) is 0.766. The van der Waals surface area contributed by atoms with E-state index >= 15 is 0 Å². The van der Waals surface area contributed by atoms with Gasteiger partial charge in [0.15, 0.2) is 5.82 Å². The molecular weight excluding hydrogens is 356 g/mol. The molecule has 2 aromatic heterocycles. The van der Waals surface area contributed by atoms with Gasteiger partial charge in [-0.15, -0.1) is 0 Å². The molecule has 144 valence electrons. The van der Waals surface area contributed by atoms with Crippen molar-refractivity contribution in [2.75, 3.05) is 6.54 Å². The van der Waals surface area contributed by atoms with Crippen LogP contribution in [0.3, 0.4) is 0 Å². The van der Waals surface area contributed by atoms with Crippen LogP contribution in [0.4, 0.5) is 0 Å². The average molecular weight is 378 g/mol. The summed E-state index contributed by atoms with van der Waals surface area (Å²) in [5, 5.41) is 4.61. The van der Waals surface area contributed by atoms with Gasteiger partial charge in [-0.1, -0.05) is 44.2 Å². The smallest absolute Gasteiger partial charge is 0.320 e. The van der Waals surface area contributed by atoms with Crippen LogP contribution in [-0.4, -0.2) is 41.7 Å². The minimum atomic E-state index is -0.465. The highest BCUT2D eigenvalue weighted by molar-refractivity contribution is 5.91. The number of carbonyl (C=O) groups is 1. The van der Waals surface area contributed by atoms with Gasteiger partial charge in [0.05, 0.1) is 0 Å². The van der Waals surface area contributed by atoms with Crippen LogP contribution in [0.2, 0.25) is 0 Å². The second kappa shape index (κ2) is 7.38. The summed E-state index contributed by atoms with van der Waals surface area (Å²) in [7, 11) is 0. The molecule has 3 heterocycles. The number of carbonyl (C=O) groups excluding carboxylic acids is 1. The molecule has 1 unspecified atom stereocenters. The zero-order valence-corrected chi connectivity index (χ0v) is 15.9. The molecule has 0 aliphatic carbocycles. The molecule has 1 aliphatic heterocycles. The van der Waals surface area contributed by atoms with Crippen molar-refractivity contribution in [3.8, 4) is 0 Å². The Morgan fingerprint density at radius 2 is 1.82 bits per heavy atom. The Bertz CT molecular complexity index is 1030. The standard InChI is InChI=1S/C20H22N6O2/c1-14(2)13-26-20(28)25-12-11-24(19(27)17-21-9-6-10-22-17)16(18(25)23-26)15-7-4-3-5-8-15/h3-10,14,16H,11-13H2,1-2H3. The molecule has 0 fully saturated rings. The lowest BCUT2D eigenvalue weighted by Crippen LogP contribution is -2.45. The Morgan fingerprint density at radius 3 is 2.50 bits per heavy atom. The lowest BCUT2D eigenvalue weighted by Gasteiger charge is -2.34. The van der Waals surface area contributed by atoms with E-state index in [1.807, 2.05) is 44.2 Å². The van der Waals surface area contributed by atoms with Crippen molar-refractivity contribution in [3.63, 3.8) is 0 Å². The van der Waals surface area contributed by atoms with Crippen molar-refractivity contribution in [1.29, 1.82) is 0 Å². The second-order valence-corrected chi connectivity index (χ2v) is 7.25. The van der Waals surface area contributed by atoms with Crippen LogP contribution < -0.4 is 5.69 Å². The van der Waals surface area contributed by atoms with Crippen molar-refractivity contribution >= 4 is 5.91 Å². The van der Waals surface area contributed by atoms with Gasteiger partial charge in [-0.25, -0.2) is 19.4 Å². The molecule has 4 rings (SSSR count). The van der Waals surface area contributed by atoms with Crippen LogP contribution in [0.25, 0.3) is 0 Å². The average Bonchev–Trinajstić information content (AvgIpc) is 3.03. The van der Waals surface area contributed by atoms with E-state index in [-0.39, 0.29) is 17.4 Å². The van der Waals surface area contributed by atoms with Gasteiger partial charge >= 0.3 is 5.69 Å².